The van der Waals surface area contributed by atoms with E-state index in [4.69, 9.17) is 0 Å². The predicted octanol–water partition coefficient (Wildman–Crippen LogP) is 3.39. The molecule has 2 rings (SSSR count). The van der Waals surface area contributed by atoms with Crippen LogP contribution in [0.2, 0.25) is 0 Å². The largest absolute Gasteiger partial charge is 0.573 e. The molecule has 0 saturated heterocycles. The van der Waals surface area contributed by atoms with Gasteiger partial charge in [0, 0.05) is 5.56 Å². The quantitative estimate of drug-likeness (QED) is 0.883. The third-order valence-electron chi connectivity index (χ3n) is 3.48. The van der Waals surface area contributed by atoms with Crippen molar-refractivity contribution in [2.75, 3.05) is 0 Å². The first-order chi connectivity index (χ1) is 8.30. The lowest BCUT2D eigenvalue weighted by Crippen LogP contribution is -2.24. The molecular weight excluding hydrogens is 245 g/mol. The molecule has 2 nitrogen and oxygen atoms in total. The zero-order valence-electron chi connectivity index (χ0n) is 10.00. The van der Waals surface area contributed by atoms with Crippen LogP contribution in [0.15, 0.2) is 24.3 Å². The van der Waals surface area contributed by atoms with E-state index in [2.05, 4.69) is 4.74 Å². The van der Waals surface area contributed by atoms with E-state index in [1.165, 1.54) is 12.1 Å². The highest BCUT2D eigenvalue weighted by molar-refractivity contribution is 5.40. The third-order valence-corrected chi connectivity index (χ3v) is 3.48. The molecule has 2 unspecified atom stereocenters. The summed E-state index contributed by atoms with van der Waals surface area (Å²) in [4.78, 5) is 0. The molecule has 5 heteroatoms. The van der Waals surface area contributed by atoms with E-state index >= 15 is 0 Å². The normalized spacial score (nSPS) is 28.4. The molecule has 2 atom stereocenters. The average molecular weight is 260 g/mol. The lowest BCUT2D eigenvalue weighted by Gasteiger charge is -2.27. The summed E-state index contributed by atoms with van der Waals surface area (Å²) in [6.45, 7) is 1.86. The van der Waals surface area contributed by atoms with Crippen LogP contribution in [0.5, 0.6) is 5.75 Å². The first kappa shape index (κ1) is 13.2. The predicted molar refractivity (Wildman–Crippen MR) is 60.3 cm³/mol. The minimum atomic E-state index is -4.69. The van der Waals surface area contributed by atoms with Crippen LogP contribution in [0.4, 0.5) is 13.2 Å². The maximum atomic E-state index is 12.3. The fourth-order valence-electron chi connectivity index (χ4n) is 2.63. The molecule has 100 valence electrons. The van der Waals surface area contributed by atoms with E-state index in [9.17, 15) is 18.3 Å². The molecule has 1 saturated carbocycles. The summed E-state index contributed by atoms with van der Waals surface area (Å²) in [6.07, 6.45) is -3.41. The SMILES string of the molecule is CC1(c2ccccc2OC(F)(F)F)CCC(O)C1. The number of aliphatic hydroxyl groups is 1. The van der Waals surface area contributed by atoms with Gasteiger partial charge < -0.3 is 9.84 Å². The van der Waals surface area contributed by atoms with E-state index in [1.807, 2.05) is 6.92 Å². The second-order valence-electron chi connectivity index (χ2n) is 5.00. The Hall–Kier alpha value is -1.23. The molecular formula is C13H15F3O2. The van der Waals surface area contributed by atoms with Gasteiger partial charge in [-0.1, -0.05) is 25.1 Å². The van der Waals surface area contributed by atoms with E-state index in [0.29, 0.717) is 24.8 Å². The van der Waals surface area contributed by atoms with Gasteiger partial charge in [0.05, 0.1) is 6.10 Å². The number of hydrogen-bond acceptors (Lipinski definition) is 2. The van der Waals surface area contributed by atoms with Gasteiger partial charge in [-0.05, 0) is 30.7 Å². The maximum Gasteiger partial charge on any atom is 0.573 e. The van der Waals surface area contributed by atoms with Gasteiger partial charge in [-0.2, -0.15) is 0 Å². The Kier molecular flexibility index (Phi) is 3.27. The Morgan fingerprint density at radius 3 is 2.56 bits per heavy atom. The highest BCUT2D eigenvalue weighted by atomic mass is 19.4. The van der Waals surface area contributed by atoms with Gasteiger partial charge in [-0.3, -0.25) is 0 Å². The molecule has 1 aliphatic rings. The third kappa shape index (κ3) is 2.77. The standard InChI is InChI=1S/C13H15F3O2/c1-12(7-6-9(17)8-12)10-4-2-3-5-11(10)18-13(14,15)16/h2-5,9,17H,6-8H2,1H3. The van der Waals surface area contributed by atoms with Crippen LogP contribution in [0.3, 0.4) is 0 Å². The Balaban J connectivity index is 2.33. The molecule has 0 aliphatic heterocycles. The van der Waals surface area contributed by atoms with Crippen molar-refractivity contribution in [3.63, 3.8) is 0 Å². The number of para-hydroxylation sites is 1. The molecule has 0 radical (unpaired) electrons. The number of benzene rings is 1. The monoisotopic (exact) mass is 260 g/mol. The molecule has 1 aromatic rings. The number of ether oxygens (including phenoxy) is 1. The number of alkyl halides is 3. The van der Waals surface area contributed by atoms with Gasteiger partial charge in [0.15, 0.2) is 0 Å². The molecule has 1 N–H and O–H groups in total. The summed E-state index contributed by atoms with van der Waals surface area (Å²) in [5.41, 5.74) is 0.0558. The van der Waals surface area contributed by atoms with Gasteiger partial charge in [-0.25, -0.2) is 0 Å². The van der Waals surface area contributed by atoms with Crippen LogP contribution in [0.1, 0.15) is 31.7 Å². The fraction of sp³-hybridized carbons (Fsp3) is 0.538. The van der Waals surface area contributed by atoms with Crippen molar-refractivity contribution < 1.29 is 23.0 Å². The molecule has 18 heavy (non-hydrogen) atoms. The van der Waals surface area contributed by atoms with E-state index in [-0.39, 0.29) is 5.75 Å². The molecule has 1 aromatic carbocycles. The van der Waals surface area contributed by atoms with Gasteiger partial charge >= 0.3 is 6.36 Å². The highest BCUT2D eigenvalue weighted by Gasteiger charge is 2.40. The first-order valence-electron chi connectivity index (χ1n) is 5.83. The first-order valence-corrected chi connectivity index (χ1v) is 5.83. The van der Waals surface area contributed by atoms with E-state index in [1.54, 1.807) is 12.1 Å². The summed E-state index contributed by atoms with van der Waals surface area (Å²) in [5.74, 6) is -0.165. The summed E-state index contributed by atoms with van der Waals surface area (Å²) < 4.78 is 41.1. The second kappa shape index (κ2) is 4.46. The molecule has 1 fully saturated rings. The Bertz CT molecular complexity index is 430. The van der Waals surface area contributed by atoms with E-state index < -0.39 is 17.9 Å². The minimum Gasteiger partial charge on any atom is -0.405 e. The molecule has 0 amide bonds. The Morgan fingerprint density at radius 1 is 1.33 bits per heavy atom. The van der Waals surface area contributed by atoms with Gasteiger partial charge in [-0.15, -0.1) is 13.2 Å². The van der Waals surface area contributed by atoms with Crippen LogP contribution >= 0.6 is 0 Å². The fourth-order valence-corrected chi connectivity index (χ4v) is 2.63. The highest BCUT2D eigenvalue weighted by Crippen LogP contribution is 2.45. The smallest absolute Gasteiger partial charge is 0.405 e. The molecule has 0 bridgehead atoms. The lowest BCUT2D eigenvalue weighted by atomic mass is 9.80. The molecule has 0 heterocycles. The van der Waals surface area contributed by atoms with Crippen molar-refractivity contribution >= 4 is 0 Å². The number of rotatable bonds is 2. The maximum absolute atomic E-state index is 12.3. The van der Waals surface area contributed by atoms with Crippen molar-refractivity contribution in [2.45, 2.75) is 44.1 Å². The van der Waals surface area contributed by atoms with Crippen LogP contribution in [-0.4, -0.2) is 17.6 Å². The number of aliphatic hydroxyl groups excluding tert-OH is 1. The van der Waals surface area contributed by atoms with Crippen LogP contribution in [0.25, 0.3) is 0 Å². The molecule has 0 spiro atoms. The topological polar surface area (TPSA) is 29.5 Å². The lowest BCUT2D eigenvalue weighted by molar-refractivity contribution is -0.275. The van der Waals surface area contributed by atoms with Crippen molar-refractivity contribution in [3.05, 3.63) is 29.8 Å². The van der Waals surface area contributed by atoms with Crippen LogP contribution in [-0.2, 0) is 5.41 Å². The zero-order chi connectivity index (χ0) is 13.4. The van der Waals surface area contributed by atoms with Crippen molar-refractivity contribution in [3.8, 4) is 5.75 Å². The zero-order valence-corrected chi connectivity index (χ0v) is 10.00. The summed E-state index contributed by atoms with van der Waals surface area (Å²) in [7, 11) is 0. The van der Waals surface area contributed by atoms with Crippen molar-refractivity contribution in [2.24, 2.45) is 0 Å². The molecule has 0 aromatic heterocycles. The number of halogens is 3. The number of hydrogen-bond donors (Lipinski definition) is 1. The Morgan fingerprint density at radius 2 is 2.00 bits per heavy atom. The second-order valence-corrected chi connectivity index (χ2v) is 5.00. The Labute approximate surface area is 103 Å². The minimum absolute atomic E-state index is 0.165. The van der Waals surface area contributed by atoms with Gasteiger partial charge in [0.1, 0.15) is 5.75 Å². The van der Waals surface area contributed by atoms with Crippen molar-refractivity contribution in [1.82, 2.24) is 0 Å². The van der Waals surface area contributed by atoms with E-state index in [0.717, 1.165) is 0 Å². The average Bonchev–Trinajstić information content (AvgIpc) is 2.58. The molecule has 1 aliphatic carbocycles. The summed E-state index contributed by atoms with van der Waals surface area (Å²) in [5, 5.41) is 9.59. The van der Waals surface area contributed by atoms with Crippen LogP contribution < -0.4 is 4.74 Å². The van der Waals surface area contributed by atoms with Crippen molar-refractivity contribution in [1.29, 1.82) is 0 Å². The van der Waals surface area contributed by atoms with Crippen LogP contribution in [0, 0.1) is 0 Å². The summed E-state index contributed by atoms with van der Waals surface area (Å²) >= 11 is 0. The van der Waals surface area contributed by atoms with Gasteiger partial charge in [0.2, 0.25) is 0 Å². The summed E-state index contributed by atoms with van der Waals surface area (Å²) in [6, 6.07) is 6.16. The van der Waals surface area contributed by atoms with Gasteiger partial charge in [0.25, 0.3) is 0 Å².